The third-order valence-electron chi connectivity index (χ3n) is 2.91. The van der Waals surface area contributed by atoms with E-state index in [1.165, 1.54) is 0 Å². The highest BCUT2D eigenvalue weighted by molar-refractivity contribution is 5.75. The van der Waals surface area contributed by atoms with Gasteiger partial charge in [-0.05, 0) is 38.6 Å². The first-order chi connectivity index (χ1) is 8.93. The maximum absolute atomic E-state index is 10.8. The summed E-state index contributed by atoms with van der Waals surface area (Å²) in [6.07, 6.45) is 2.49. The predicted molar refractivity (Wildman–Crippen MR) is 80.0 cm³/mol. The molecule has 0 fully saturated rings. The van der Waals surface area contributed by atoms with Crippen molar-refractivity contribution in [2.45, 2.75) is 20.8 Å². The minimum atomic E-state index is 0.578. The van der Waals surface area contributed by atoms with E-state index < -0.39 is 0 Å². The van der Waals surface area contributed by atoms with E-state index in [4.69, 9.17) is 0 Å². The Morgan fingerprint density at radius 2 is 2.00 bits per heavy atom. The summed E-state index contributed by atoms with van der Waals surface area (Å²) in [4.78, 5) is 19.7. The summed E-state index contributed by atoms with van der Waals surface area (Å²) in [5.74, 6) is 1.57. The number of hydrogen-bond acceptors (Lipinski definition) is 4. The van der Waals surface area contributed by atoms with Crippen LogP contribution in [0.2, 0.25) is 0 Å². The number of aromatic nitrogens is 1. The molecule has 0 bridgehead atoms. The summed E-state index contributed by atoms with van der Waals surface area (Å²) in [7, 11) is 4.15. The summed E-state index contributed by atoms with van der Waals surface area (Å²) in [6, 6.07) is 1.90. The molecule has 4 heteroatoms. The van der Waals surface area contributed by atoms with Crippen LogP contribution in [0, 0.1) is 12.8 Å². The molecule has 0 aliphatic carbocycles. The van der Waals surface area contributed by atoms with Crippen LogP contribution in [0.15, 0.2) is 12.3 Å². The number of aldehydes is 1. The lowest BCUT2D eigenvalue weighted by Crippen LogP contribution is -2.35. The van der Waals surface area contributed by atoms with Gasteiger partial charge in [-0.1, -0.05) is 13.8 Å². The van der Waals surface area contributed by atoms with Gasteiger partial charge >= 0.3 is 0 Å². The molecule has 1 rings (SSSR count). The van der Waals surface area contributed by atoms with Crippen LogP contribution in [-0.2, 0) is 0 Å². The third-order valence-corrected chi connectivity index (χ3v) is 2.91. The molecule has 0 radical (unpaired) electrons. The van der Waals surface area contributed by atoms with Crippen LogP contribution < -0.4 is 4.90 Å². The predicted octanol–water partition coefficient (Wildman–Crippen LogP) is 2.23. The number of pyridine rings is 1. The van der Waals surface area contributed by atoms with E-state index in [1.54, 1.807) is 6.20 Å². The molecule has 0 unspecified atom stereocenters. The number of rotatable bonds is 7. The van der Waals surface area contributed by atoms with Crippen LogP contribution in [0.4, 0.5) is 5.82 Å². The van der Waals surface area contributed by atoms with Gasteiger partial charge in [-0.3, -0.25) is 4.79 Å². The maximum Gasteiger partial charge on any atom is 0.151 e. The Morgan fingerprint density at radius 3 is 2.47 bits per heavy atom. The lowest BCUT2D eigenvalue weighted by atomic mass is 10.1. The molecule has 0 saturated carbocycles. The van der Waals surface area contributed by atoms with Gasteiger partial charge < -0.3 is 9.80 Å². The van der Waals surface area contributed by atoms with E-state index in [9.17, 15) is 4.79 Å². The van der Waals surface area contributed by atoms with Crippen molar-refractivity contribution in [2.24, 2.45) is 5.92 Å². The normalized spacial score (nSPS) is 11.1. The van der Waals surface area contributed by atoms with Crippen LogP contribution in [0.5, 0.6) is 0 Å². The zero-order valence-corrected chi connectivity index (χ0v) is 12.7. The fraction of sp³-hybridized carbons (Fsp3) is 0.600. The first kappa shape index (κ1) is 15.6. The minimum Gasteiger partial charge on any atom is -0.355 e. The Balaban J connectivity index is 2.92. The number of aryl methyl sites for hydroxylation is 1. The molecule has 0 amide bonds. The Hall–Kier alpha value is -1.42. The standard InChI is InChI=1S/C15H25N3O/c1-12(2)10-18(7-6-17(4)5)15-13(3)8-14(11-19)9-16-15/h8-9,11-12H,6-7,10H2,1-5H3. The number of carbonyl (C=O) groups is 1. The van der Waals surface area contributed by atoms with Gasteiger partial charge in [-0.2, -0.15) is 0 Å². The fourth-order valence-corrected chi connectivity index (χ4v) is 2.03. The summed E-state index contributed by atoms with van der Waals surface area (Å²) in [5.41, 5.74) is 1.70. The van der Waals surface area contributed by atoms with E-state index in [-0.39, 0.29) is 0 Å². The largest absolute Gasteiger partial charge is 0.355 e. The van der Waals surface area contributed by atoms with Crippen molar-refractivity contribution in [2.75, 3.05) is 38.6 Å². The highest BCUT2D eigenvalue weighted by atomic mass is 16.1. The lowest BCUT2D eigenvalue weighted by Gasteiger charge is -2.28. The average Bonchev–Trinajstić information content (AvgIpc) is 2.34. The quantitative estimate of drug-likeness (QED) is 0.707. The van der Waals surface area contributed by atoms with Crippen LogP contribution in [0.1, 0.15) is 29.8 Å². The molecule has 0 saturated heterocycles. The van der Waals surface area contributed by atoms with Gasteiger partial charge in [0.1, 0.15) is 5.82 Å². The molecular weight excluding hydrogens is 238 g/mol. The molecule has 1 aromatic rings. The van der Waals surface area contributed by atoms with E-state index in [1.807, 2.05) is 13.0 Å². The van der Waals surface area contributed by atoms with Crippen molar-refractivity contribution >= 4 is 12.1 Å². The Labute approximate surface area is 116 Å². The van der Waals surface area contributed by atoms with Crippen LogP contribution in [0.25, 0.3) is 0 Å². The number of likely N-dealkylation sites (N-methyl/N-ethyl adjacent to an activating group) is 1. The van der Waals surface area contributed by atoms with Gasteiger partial charge in [0.15, 0.2) is 6.29 Å². The van der Waals surface area contributed by atoms with Crippen molar-refractivity contribution < 1.29 is 4.79 Å². The summed E-state index contributed by atoms with van der Waals surface area (Å²) >= 11 is 0. The van der Waals surface area contributed by atoms with E-state index in [2.05, 4.69) is 42.7 Å². The van der Waals surface area contributed by atoms with Crippen LogP contribution in [-0.4, -0.2) is 49.9 Å². The van der Waals surface area contributed by atoms with E-state index >= 15 is 0 Å². The average molecular weight is 263 g/mol. The van der Waals surface area contributed by atoms with Crippen molar-refractivity contribution in [3.8, 4) is 0 Å². The Morgan fingerprint density at radius 1 is 1.32 bits per heavy atom. The van der Waals surface area contributed by atoms with Gasteiger partial charge in [-0.25, -0.2) is 4.98 Å². The second-order valence-electron chi connectivity index (χ2n) is 5.67. The van der Waals surface area contributed by atoms with E-state index in [0.29, 0.717) is 11.5 Å². The Kier molecular flexibility index (Phi) is 5.96. The molecular formula is C15H25N3O. The fourth-order valence-electron chi connectivity index (χ4n) is 2.03. The zero-order valence-electron chi connectivity index (χ0n) is 12.7. The molecule has 0 atom stereocenters. The van der Waals surface area contributed by atoms with Gasteiger partial charge in [0.25, 0.3) is 0 Å². The van der Waals surface area contributed by atoms with Gasteiger partial charge in [-0.15, -0.1) is 0 Å². The molecule has 1 heterocycles. The molecule has 0 N–H and O–H groups in total. The van der Waals surface area contributed by atoms with Gasteiger partial charge in [0.05, 0.1) is 0 Å². The highest BCUT2D eigenvalue weighted by Gasteiger charge is 2.13. The maximum atomic E-state index is 10.8. The molecule has 0 aliphatic rings. The van der Waals surface area contributed by atoms with Crippen molar-refractivity contribution in [3.05, 3.63) is 23.4 Å². The number of carbonyl (C=O) groups excluding carboxylic acids is 1. The van der Waals surface area contributed by atoms with Crippen molar-refractivity contribution in [1.29, 1.82) is 0 Å². The first-order valence-electron chi connectivity index (χ1n) is 6.75. The Bertz CT molecular complexity index is 416. The highest BCUT2D eigenvalue weighted by Crippen LogP contribution is 2.18. The monoisotopic (exact) mass is 263 g/mol. The second kappa shape index (κ2) is 7.24. The SMILES string of the molecule is Cc1cc(C=O)cnc1N(CCN(C)C)CC(C)C. The lowest BCUT2D eigenvalue weighted by molar-refractivity contribution is 0.112. The molecule has 106 valence electrons. The molecule has 0 aliphatic heterocycles. The second-order valence-corrected chi connectivity index (χ2v) is 5.67. The molecule has 0 spiro atoms. The zero-order chi connectivity index (χ0) is 14.4. The molecule has 0 aromatic carbocycles. The molecule has 1 aromatic heterocycles. The summed E-state index contributed by atoms with van der Waals surface area (Å²) in [6.45, 7) is 9.33. The van der Waals surface area contributed by atoms with Crippen molar-refractivity contribution in [3.63, 3.8) is 0 Å². The van der Waals surface area contributed by atoms with E-state index in [0.717, 1.165) is 37.3 Å². The van der Waals surface area contributed by atoms with Crippen molar-refractivity contribution in [1.82, 2.24) is 9.88 Å². The van der Waals surface area contributed by atoms with Crippen LogP contribution >= 0.6 is 0 Å². The smallest absolute Gasteiger partial charge is 0.151 e. The first-order valence-corrected chi connectivity index (χ1v) is 6.75. The number of nitrogens with zero attached hydrogens (tertiary/aromatic N) is 3. The van der Waals surface area contributed by atoms with Gasteiger partial charge in [0.2, 0.25) is 0 Å². The number of hydrogen-bond donors (Lipinski definition) is 0. The van der Waals surface area contributed by atoms with Gasteiger partial charge in [0, 0.05) is 31.4 Å². The summed E-state index contributed by atoms with van der Waals surface area (Å²) in [5, 5.41) is 0. The van der Waals surface area contributed by atoms with Crippen LogP contribution in [0.3, 0.4) is 0 Å². The third kappa shape index (κ3) is 4.99. The minimum absolute atomic E-state index is 0.578. The molecule has 4 nitrogen and oxygen atoms in total. The number of anilines is 1. The molecule has 19 heavy (non-hydrogen) atoms. The summed E-state index contributed by atoms with van der Waals surface area (Å²) < 4.78 is 0. The topological polar surface area (TPSA) is 36.4 Å².